The zero-order chi connectivity index (χ0) is 43.0. The van der Waals surface area contributed by atoms with Crippen molar-refractivity contribution < 1.29 is 28.6 Å². The Bertz CT molecular complexity index is 1530. The van der Waals surface area contributed by atoms with Gasteiger partial charge >= 0.3 is 17.9 Å². The molecule has 0 aliphatic carbocycles. The van der Waals surface area contributed by atoms with E-state index in [1.165, 1.54) is 0 Å². The van der Waals surface area contributed by atoms with E-state index >= 15 is 0 Å². The first-order valence-corrected chi connectivity index (χ1v) is 21.5. The molecule has 0 aromatic heterocycles. The molecule has 59 heavy (non-hydrogen) atoms. The fraction of sp³-hybridized carbons (Fsp3) is 0.377. The average Bonchev–Trinajstić information content (AvgIpc) is 3.23. The topological polar surface area (TPSA) is 78.9 Å². The number of carbonyl (C=O) groups is 3. The van der Waals surface area contributed by atoms with Gasteiger partial charge in [-0.15, -0.1) is 0 Å². The van der Waals surface area contributed by atoms with Crippen molar-refractivity contribution in [3.8, 4) is 0 Å². The zero-order valence-electron chi connectivity index (χ0n) is 36.2. The molecule has 320 valence electrons. The first-order valence-electron chi connectivity index (χ1n) is 21.5. The van der Waals surface area contributed by atoms with Crippen LogP contribution in [0.3, 0.4) is 0 Å². The molecule has 0 aromatic rings. The molecule has 0 radical (unpaired) electrons. The minimum Gasteiger partial charge on any atom is -0.462 e. The number of hydrogen-bond acceptors (Lipinski definition) is 6. The molecule has 0 bridgehead atoms. The SMILES string of the molecule is CC/C=C/C=C/C=C/C=C/C=C/CCCCCC(=O)OCC(COC(=O)CCC/C=C/C=C/C=C/C=C/C=C/CC)OC(=O)CCC/C=C/C=C/C=C/C=C/C=C/CC. The molecular formula is C53H72O6. The summed E-state index contributed by atoms with van der Waals surface area (Å²) in [5.74, 6) is -1.18. The lowest BCUT2D eigenvalue weighted by Crippen LogP contribution is -2.30. The second kappa shape index (κ2) is 45.2. The first kappa shape index (κ1) is 53.5. The quantitative estimate of drug-likeness (QED) is 0.0279. The second-order valence-electron chi connectivity index (χ2n) is 13.1. The van der Waals surface area contributed by atoms with Crippen molar-refractivity contribution in [3.05, 3.63) is 182 Å². The van der Waals surface area contributed by atoms with Gasteiger partial charge in [-0.3, -0.25) is 14.4 Å². The summed E-state index contributed by atoms with van der Waals surface area (Å²) in [7, 11) is 0. The number of hydrogen-bond donors (Lipinski definition) is 0. The Morgan fingerprint density at radius 1 is 0.339 bits per heavy atom. The van der Waals surface area contributed by atoms with Gasteiger partial charge in [-0.1, -0.05) is 209 Å². The molecule has 0 amide bonds. The molecule has 0 saturated carbocycles. The molecule has 0 aromatic carbocycles. The highest BCUT2D eigenvalue weighted by Gasteiger charge is 2.19. The summed E-state index contributed by atoms with van der Waals surface area (Å²) in [5, 5.41) is 0. The maximum absolute atomic E-state index is 12.7. The van der Waals surface area contributed by atoms with Crippen molar-refractivity contribution in [2.24, 2.45) is 0 Å². The molecule has 1 atom stereocenters. The summed E-state index contributed by atoms with van der Waals surface area (Å²) in [4.78, 5) is 37.7. The van der Waals surface area contributed by atoms with Gasteiger partial charge in [0.15, 0.2) is 6.10 Å². The molecule has 0 heterocycles. The Hall–Kier alpha value is -5.49. The third-order valence-corrected chi connectivity index (χ3v) is 7.77. The smallest absolute Gasteiger partial charge is 0.306 e. The van der Waals surface area contributed by atoms with Crippen LogP contribution in [-0.4, -0.2) is 37.2 Å². The van der Waals surface area contributed by atoms with Crippen LogP contribution in [0.15, 0.2) is 182 Å². The van der Waals surface area contributed by atoms with E-state index in [4.69, 9.17) is 14.2 Å². The number of unbranched alkanes of at least 4 members (excludes halogenated alkanes) is 5. The molecule has 0 fully saturated rings. The maximum Gasteiger partial charge on any atom is 0.306 e. The molecule has 0 N–H and O–H groups in total. The summed E-state index contributed by atoms with van der Waals surface area (Å²) >= 11 is 0. The summed E-state index contributed by atoms with van der Waals surface area (Å²) in [6.07, 6.45) is 68.9. The predicted molar refractivity (Wildman–Crippen MR) is 251 cm³/mol. The fourth-order valence-corrected chi connectivity index (χ4v) is 4.64. The highest BCUT2D eigenvalue weighted by atomic mass is 16.6. The van der Waals surface area contributed by atoms with Crippen molar-refractivity contribution >= 4 is 17.9 Å². The van der Waals surface area contributed by atoms with Gasteiger partial charge in [0.1, 0.15) is 13.2 Å². The summed E-state index contributed by atoms with van der Waals surface area (Å²) in [5.41, 5.74) is 0. The first-order chi connectivity index (χ1) is 29.0. The van der Waals surface area contributed by atoms with Crippen LogP contribution in [-0.2, 0) is 28.6 Å². The van der Waals surface area contributed by atoms with Gasteiger partial charge in [-0.2, -0.15) is 0 Å². The van der Waals surface area contributed by atoms with Gasteiger partial charge in [-0.25, -0.2) is 0 Å². The maximum atomic E-state index is 12.7. The third-order valence-electron chi connectivity index (χ3n) is 7.77. The summed E-state index contributed by atoms with van der Waals surface area (Å²) < 4.78 is 16.5. The van der Waals surface area contributed by atoms with E-state index in [9.17, 15) is 14.4 Å². The largest absolute Gasteiger partial charge is 0.462 e. The highest BCUT2D eigenvalue weighted by molar-refractivity contribution is 5.71. The minimum absolute atomic E-state index is 0.163. The second-order valence-corrected chi connectivity index (χ2v) is 13.1. The summed E-state index contributed by atoms with van der Waals surface area (Å²) in [6, 6.07) is 0. The zero-order valence-corrected chi connectivity index (χ0v) is 36.2. The van der Waals surface area contributed by atoms with E-state index in [1.54, 1.807) is 0 Å². The predicted octanol–water partition coefficient (Wildman–Crippen LogP) is 13.8. The van der Waals surface area contributed by atoms with Crippen molar-refractivity contribution in [3.63, 3.8) is 0 Å². The lowest BCUT2D eigenvalue weighted by Gasteiger charge is -2.18. The monoisotopic (exact) mass is 805 g/mol. The number of esters is 3. The van der Waals surface area contributed by atoms with Gasteiger partial charge < -0.3 is 14.2 Å². The van der Waals surface area contributed by atoms with E-state index in [-0.39, 0.29) is 44.4 Å². The molecule has 0 saturated heterocycles. The van der Waals surface area contributed by atoms with Crippen LogP contribution in [0, 0.1) is 0 Å². The van der Waals surface area contributed by atoms with Crippen LogP contribution >= 0.6 is 0 Å². The fourth-order valence-electron chi connectivity index (χ4n) is 4.64. The van der Waals surface area contributed by atoms with Crippen LogP contribution in [0.1, 0.15) is 111 Å². The van der Waals surface area contributed by atoms with E-state index in [1.807, 2.05) is 158 Å². The van der Waals surface area contributed by atoms with Crippen molar-refractivity contribution in [1.82, 2.24) is 0 Å². The van der Waals surface area contributed by atoms with Crippen molar-refractivity contribution in [2.75, 3.05) is 13.2 Å². The van der Waals surface area contributed by atoms with E-state index < -0.39 is 12.1 Å². The normalized spacial score (nSPS) is 13.9. The lowest BCUT2D eigenvalue weighted by atomic mass is 10.1. The van der Waals surface area contributed by atoms with Crippen LogP contribution in [0.2, 0.25) is 0 Å². The van der Waals surface area contributed by atoms with Gasteiger partial charge in [-0.05, 0) is 64.2 Å². The molecule has 0 aliphatic rings. The molecule has 6 heteroatoms. The van der Waals surface area contributed by atoms with Gasteiger partial charge in [0.2, 0.25) is 0 Å². The Kier molecular flexibility index (Phi) is 41.0. The van der Waals surface area contributed by atoms with Gasteiger partial charge in [0, 0.05) is 19.3 Å². The van der Waals surface area contributed by atoms with Gasteiger partial charge in [0.25, 0.3) is 0 Å². The van der Waals surface area contributed by atoms with Crippen molar-refractivity contribution in [1.29, 1.82) is 0 Å². The van der Waals surface area contributed by atoms with Gasteiger partial charge in [0.05, 0.1) is 0 Å². The van der Waals surface area contributed by atoms with Crippen LogP contribution in [0.4, 0.5) is 0 Å². The van der Waals surface area contributed by atoms with Crippen LogP contribution in [0.25, 0.3) is 0 Å². The van der Waals surface area contributed by atoms with Crippen LogP contribution in [0.5, 0.6) is 0 Å². The van der Waals surface area contributed by atoms with E-state index in [0.717, 1.165) is 44.9 Å². The third kappa shape index (κ3) is 43.5. The standard InChI is InChI=1S/C53H72O6/c1-4-7-10-13-16-19-22-25-26-29-31-34-37-40-43-46-52(55)58-49-50(59-53(56)47-44-41-38-35-32-28-24-21-18-15-12-9-6-3)48-57-51(54)45-42-39-36-33-30-27-23-20-17-14-11-8-5-2/h7-33,35-36,38,50H,4-6,34,37,39-49H2,1-3H3/b10-7+,11-8+,12-9+,16-13+,17-14+,18-15+,22-19+,23-20+,24-21+,26-25+,30-27+,31-29+,32-28+,36-33+,38-35+. The number of rotatable bonds is 34. The number of carbonyl (C=O) groups excluding carboxylic acids is 3. The van der Waals surface area contributed by atoms with E-state index in [0.29, 0.717) is 25.7 Å². The highest BCUT2D eigenvalue weighted by Crippen LogP contribution is 2.09. The Morgan fingerprint density at radius 3 is 0.983 bits per heavy atom. The average molecular weight is 805 g/mol. The molecular weight excluding hydrogens is 733 g/mol. The molecule has 1 unspecified atom stereocenters. The number of ether oxygens (including phenoxy) is 3. The number of allylic oxidation sites excluding steroid dienone is 30. The molecule has 0 spiro atoms. The van der Waals surface area contributed by atoms with E-state index in [2.05, 4.69) is 45.1 Å². The molecule has 0 rings (SSSR count). The van der Waals surface area contributed by atoms with Crippen LogP contribution < -0.4 is 0 Å². The Balaban J connectivity index is 4.76. The summed E-state index contributed by atoms with van der Waals surface area (Å²) in [6.45, 7) is 5.97. The Morgan fingerprint density at radius 2 is 0.627 bits per heavy atom. The van der Waals surface area contributed by atoms with Crippen molar-refractivity contribution in [2.45, 2.75) is 117 Å². The minimum atomic E-state index is -0.871. The molecule has 6 nitrogen and oxygen atoms in total. The lowest BCUT2D eigenvalue weighted by molar-refractivity contribution is -0.167. The molecule has 0 aliphatic heterocycles. The Labute approximate surface area is 357 Å².